The number of nitrogens with one attached hydrogen (secondary N) is 2. The van der Waals surface area contributed by atoms with Crippen LogP contribution in [0.4, 0.5) is 11.5 Å². The van der Waals surface area contributed by atoms with Gasteiger partial charge in [0.15, 0.2) is 0 Å². The first-order valence-electron chi connectivity index (χ1n) is 11.3. The van der Waals surface area contributed by atoms with Crippen molar-refractivity contribution in [2.45, 2.75) is 44.3 Å². The van der Waals surface area contributed by atoms with Gasteiger partial charge in [-0.05, 0) is 49.4 Å². The highest BCUT2D eigenvalue weighted by Crippen LogP contribution is 2.29. The summed E-state index contributed by atoms with van der Waals surface area (Å²) in [6.07, 6.45) is 4.55. The van der Waals surface area contributed by atoms with E-state index in [9.17, 15) is 0 Å². The maximum absolute atomic E-state index is 5.38. The Kier molecular flexibility index (Phi) is 7.00. The Bertz CT molecular complexity index is 1020. The van der Waals surface area contributed by atoms with Gasteiger partial charge in [0.2, 0.25) is 0 Å². The molecule has 2 N–H and O–H groups in total. The molecule has 0 atom stereocenters. The van der Waals surface area contributed by atoms with Crippen molar-refractivity contribution in [1.29, 1.82) is 0 Å². The number of nitrogens with zero attached hydrogens (tertiary/aromatic N) is 2. The number of fused-ring (bicyclic) bond motifs is 1. The summed E-state index contributed by atoms with van der Waals surface area (Å²) in [5.74, 6) is 2.62. The minimum Gasteiger partial charge on any atom is -0.497 e. The van der Waals surface area contributed by atoms with Crippen molar-refractivity contribution in [1.82, 2.24) is 10.3 Å². The fraction of sp³-hybridized carbons (Fsp3) is 0.423. The summed E-state index contributed by atoms with van der Waals surface area (Å²) in [7, 11) is 7.54. The van der Waals surface area contributed by atoms with Gasteiger partial charge in [-0.3, -0.25) is 0 Å². The molecule has 1 saturated carbocycles. The van der Waals surface area contributed by atoms with E-state index in [0.717, 1.165) is 55.1 Å². The van der Waals surface area contributed by atoms with Crippen molar-refractivity contribution in [3.8, 4) is 11.5 Å². The number of benzene rings is 2. The largest absolute Gasteiger partial charge is 0.497 e. The lowest BCUT2D eigenvalue weighted by Crippen LogP contribution is -2.36. The summed E-state index contributed by atoms with van der Waals surface area (Å²) < 4.78 is 10.8. The number of pyridine rings is 1. The Hall–Kier alpha value is -2.99. The second kappa shape index (κ2) is 10.1. The van der Waals surface area contributed by atoms with E-state index in [1.165, 1.54) is 16.6 Å². The molecule has 1 fully saturated rings. The number of anilines is 2. The molecule has 0 bridgehead atoms. The molecule has 0 saturated heterocycles. The molecule has 0 amide bonds. The predicted molar refractivity (Wildman–Crippen MR) is 132 cm³/mol. The van der Waals surface area contributed by atoms with E-state index in [4.69, 9.17) is 14.5 Å². The smallest absolute Gasteiger partial charge is 0.128 e. The summed E-state index contributed by atoms with van der Waals surface area (Å²) in [4.78, 5) is 7.02. The zero-order chi connectivity index (χ0) is 22.5. The first kappa shape index (κ1) is 22.2. The molecule has 3 aromatic rings. The monoisotopic (exact) mass is 434 g/mol. The second-order valence-corrected chi connectivity index (χ2v) is 8.73. The lowest BCUT2D eigenvalue weighted by atomic mass is 9.91. The molecule has 0 unspecified atom stereocenters. The van der Waals surface area contributed by atoms with Gasteiger partial charge in [0, 0.05) is 55.9 Å². The van der Waals surface area contributed by atoms with Crippen LogP contribution >= 0.6 is 0 Å². The minimum absolute atomic E-state index is 0.452. The maximum atomic E-state index is 5.38. The van der Waals surface area contributed by atoms with E-state index in [1.54, 1.807) is 14.2 Å². The van der Waals surface area contributed by atoms with E-state index in [2.05, 4.69) is 66.0 Å². The Morgan fingerprint density at radius 3 is 2.22 bits per heavy atom. The summed E-state index contributed by atoms with van der Waals surface area (Å²) in [6, 6.07) is 17.5. The first-order chi connectivity index (χ1) is 15.6. The highest BCUT2D eigenvalue weighted by atomic mass is 16.5. The summed E-state index contributed by atoms with van der Waals surface area (Å²) in [5, 5.41) is 8.59. The topological polar surface area (TPSA) is 58.7 Å². The number of rotatable bonds is 8. The molecule has 1 aromatic heterocycles. The third kappa shape index (κ3) is 5.25. The SMILES string of the molecule is COc1cc(CNC2CCC(Nc3cc(N(C)C)c4ccccc4n3)CC2)cc(OC)c1. The molecule has 0 radical (unpaired) electrons. The van der Waals surface area contributed by atoms with Gasteiger partial charge < -0.3 is 25.0 Å². The van der Waals surface area contributed by atoms with Gasteiger partial charge in [-0.25, -0.2) is 4.98 Å². The molecule has 1 heterocycles. The zero-order valence-corrected chi connectivity index (χ0v) is 19.5. The molecular formula is C26H34N4O2. The van der Waals surface area contributed by atoms with E-state index in [-0.39, 0.29) is 0 Å². The molecule has 170 valence electrons. The van der Waals surface area contributed by atoms with Crippen molar-refractivity contribution in [2.75, 3.05) is 38.5 Å². The molecule has 0 aliphatic heterocycles. The van der Waals surface area contributed by atoms with Crippen LogP contribution in [0.1, 0.15) is 31.2 Å². The molecule has 2 aromatic carbocycles. The highest BCUT2D eigenvalue weighted by Gasteiger charge is 2.21. The molecule has 1 aliphatic carbocycles. The Morgan fingerprint density at radius 1 is 0.906 bits per heavy atom. The predicted octanol–water partition coefficient (Wildman–Crippen LogP) is 4.83. The maximum Gasteiger partial charge on any atom is 0.128 e. The van der Waals surface area contributed by atoms with Gasteiger partial charge in [0.05, 0.1) is 19.7 Å². The third-order valence-corrected chi connectivity index (χ3v) is 6.26. The number of aromatic nitrogens is 1. The van der Waals surface area contributed by atoms with Crippen LogP contribution in [-0.2, 0) is 6.54 Å². The van der Waals surface area contributed by atoms with Gasteiger partial charge in [-0.2, -0.15) is 0 Å². The molecular weight excluding hydrogens is 400 g/mol. The number of hydrogen-bond donors (Lipinski definition) is 2. The summed E-state index contributed by atoms with van der Waals surface area (Å²) in [6.45, 7) is 0.814. The van der Waals surface area contributed by atoms with Crippen molar-refractivity contribution in [3.05, 3.63) is 54.1 Å². The quantitative estimate of drug-likeness (QED) is 0.530. The van der Waals surface area contributed by atoms with E-state index in [1.807, 2.05) is 12.1 Å². The average molecular weight is 435 g/mol. The summed E-state index contributed by atoms with van der Waals surface area (Å²) >= 11 is 0. The van der Waals surface area contributed by atoms with E-state index < -0.39 is 0 Å². The molecule has 6 heteroatoms. The Labute approximate surface area is 190 Å². The van der Waals surface area contributed by atoms with E-state index >= 15 is 0 Å². The van der Waals surface area contributed by atoms with Crippen LogP contribution in [0.5, 0.6) is 11.5 Å². The standard InChI is InChI=1S/C26H34N4O2/c1-30(2)25-16-26(29-24-8-6-5-7-23(24)25)28-20-11-9-19(10-12-20)27-17-18-13-21(31-3)15-22(14-18)32-4/h5-8,13-16,19-20,27H,9-12,17H2,1-4H3,(H,28,29). The fourth-order valence-electron chi connectivity index (χ4n) is 4.48. The fourth-order valence-corrected chi connectivity index (χ4v) is 4.48. The minimum atomic E-state index is 0.452. The van der Waals surface area contributed by atoms with Crippen LogP contribution in [0, 0.1) is 0 Å². The number of hydrogen-bond acceptors (Lipinski definition) is 6. The van der Waals surface area contributed by atoms with Crippen LogP contribution in [0.25, 0.3) is 10.9 Å². The normalized spacial score (nSPS) is 18.4. The van der Waals surface area contributed by atoms with Crippen LogP contribution in [0.15, 0.2) is 48.5 Å². The first-order valence-corrected chi connectivity index (χ1v) is 11.3. The van der Waals surface area contributed by atoms with Crippen molar-refractivity contribution in [3.63, 3.8) is 0 Å². The highest BCUT2D eigenvalue weighted by molar-refractivity contribution is 5.93. The van der Waals surface area contributed by atoms with Gasteiger partial charge in [-0.15, -0.1) is 0 Å². The lowest BCUT2D eigenvalue weighted by molar-refractivity contribution is 0.351. The zero-order valence-electron chi connectivity index (χ0n) is 19.5. The lowest BCUT2D eigenvalue weighted by Gasteiger charge is -2.30. The Balaban J connectivity index is 1.34. The molecule has 4 rings (SSSR count). The second-order valence-electron chi connectivity index (χ2n) is 8.73. The molecule has 32 heavy (non-hydrogen) atoms. The molecule has 0 spiro atoms. The van der Waals surface area contributed by atoms with Crippen molar-refractivity contribution >= 4 is 22.4 Å². The van der Waals surface area contributed by atoms with Crippen LogP contribution in [0.3, 0.4) is 0 Å². The van der Waals surface area contributed by atoms with E-state index in [0.29, 0.717) is 12.1 Å². The number of para-hydroxylation sites is 1. The van der Waals surface area contributed by atoms with Crippen LogP contribution in [-0.4, -0.2) is 45.4 Å². The van der Waals surface area contributed by atoms with Crippen molar-refractivity contribution in [2.24, 2.45) is 0 Å². The number of methoxy groups -OCH3 is 2. The van der Waals surface area contributed by atoms with Gasteiger partial charge >= 0.3 is 0 Å². The van der Waals surface area contributed by atoms with Crippen LogP contribution < -0.4 is 25.0 Å². The molecule has 1 aliphatic rings. The Morgan fingerprint density at radius 2 is 1.56 bits per heavy atom. The molecule has 6 nitrogen and oxygen atoms in total. The third-order valence-electron chi connectivity index (χ3n) is 6.26. The number of ether oxygens (including phenoxy) is 2. The van der Waals surface area contributed by atoms with Crippen molar-refractivity contribution < 1.29 is 9.47 Å². The van der Waals surface area contributed by atoms with Gasteiger partial charge in [-0.1, -0.05) is 18.2 Å². The summed E-state index contributed by atoms with van der Waals surface area (Å²) in [5.41, 5.74) is 3.41. The van der Waals surface area contributed by atoms with Gasteiger partial charge in [0.25, 0.3) is 0 Å². The van der Waals surface area contributed by atoms with Gasteiger partial charge in [0.1, 0.15) is 17.3 Å². The van der Waals surface area contributed by atoms with Crippen LogP contribution in [0.2, 0.25) is 0 Å². The average Bonchev–Trinajstić information content (AvgIpc) is 2.82.